The summed E-state index contributed by atoms with van der Waals surface area (Å²) in [5.41, 5.74) is -0.242. The van der Waals surface area contributed by atoms with Crippen LogP contribution in [0.1, 0.15) is 66.7 Å². The van der Waals surface area contributed by atoms with E-state index in [1.807, 2.05) is 40.8 Å². The third-order valence-electron chi connectivity index (χ3n) is 6.79. The van der Waals surface area contributed by atoms with Crippen LogP contribution in [-0.4, -0.2) is 88.1 Å². The highest BCUT2D eigenvalue weighted by Crippen LogP contribution is 2.40. The van der Waals surface area contributed by atoms with Gasteiger partial charge in [0.1, 0.15) is 6.29 Å². The molecule has 3 unspecified atom stereocenters. The number of hydrogen-bond donors (Lipinski definition) is 4. The molecule has 220 valence electrons. The summed E-state index contributed by atoms with van der Waals surface area (Å²) < 4.78 is 0. The van der Waals surface area contributed by atoms with Crippen molar-refractivity contribution in [1.29, 1.82) is 0 Å². The summed E-state index contributed by atoms with van der Waals surface area (Å²) in [5.74, 6) is 1.53. The van der Waals surface area contributed by atoms with Crippen LogP contribution in [0.25, 0.3) is 0 Å². The van der Waals surface area contributed by atoms with Gasteiger partial charge in [0.2, 0.25) is 12.2 Å². The summed E-state index contributed by atoms with van der Waals surface area (Å²) in [6, 6.07) is -0.540. The Bertz CT molecular complexity index is 708. The number of nitrogens with zero attached hydrogens (tertiary/aromatic N) is 1. The summed E-state index contributed by atoms with van der Waals surface area (Å²) in [7, 11) is 5.67. The van der Waals surface area contributed by atoms with Crippen LogP contribution in [0.15, 0.2) is 12.7 Å². The van der Waals surface area contributed by atoms with E-state index in [1.165, 1.54) is 32.9 Å². The number of fused-ring (bicyclic) bond motifs is 1. The summed E-state index contributed by atoms with van der Waals surface area (Å²) in [4.78, 5) is 54.6. The zero-order valence-corrected chi connectivity index (χ0v) is 24.8. The molecule has 0 aromatic carbocycles. The van der Waals surface area contributed by atoms with Crippen molar-refractivity contribution in [2.45, 2.75) is 84.8 Å². The van der Waals surface area contributed by atoms with Gasteiger partial charge in [0.15, 0.2) is 6.29 Å². The lowest BCUT2D eigenvalue weighted by atomic mass is 9.88. The first-order valence-corrected chi connectivity index (χ1v) is 13.5. The number of hydrogen-bond acceptors (Lipinski definition) is 7. The van der Waals surface area contributed by atoms with Crippen molar-refractivity contribution in [3.8, 4) is 0 Å². The molecule has 10 heteroatoms. The van der Waals surface area contributed by atoms with Crippen LogP contribution < -0.4 is 21.3 Å². The first-order valence-electron chi connectivity index (χ1n) is 13.5. The Morgan fingerprint density at radius 1 is 1.13 bits per heavy atom. The molecule has 2 rings (SSSR count). The Balaban J connectivity index is 0. The first kappa shape index (κ1) is 37.6. The van der Waals surface area contributed by atoms with E-state index >= 15 is 0 Å². The van der Waals surface area contributed by atoms with Crippen molar-refractivity contribution in [1.82, 2.24) is 26.2 Å². The average molecular weight is 540 g/mol. The molecular weight excluding hydrogens is 486 g/mol. The summed E-state index contributed by atoms with van der Waals surface area (Å²) in [5, 5.41) is 10.1. The zero-order chi connectivity index (χ0) is 29.7. The number of carbonyl (C=O) groups is 5. The lowest BCUT2D eigenvalue weighted by molar-refractivity contribution is -0.132. The third kappa shape index (κ3) is 15.6. The van der Waals surface area contributed by atoms with Crippen molar-refractivity contribution in [3.05, 3.63) is 12.7 Å². The second kappa shape index (κ2) is 21.4. The van der Waals surface area contributed by atoms with E-state index in [1.54, 1.807) is 0 Å². The fourth-order valence-electron chi connectivity index (χ4n) is 4.36. The van der Waals surface area contributed by atoms with Gasteiger partial charge in [-0.3, -0.25) is 14.4 Å². The lowest BCUT2D eigenvalue weighted by Crippen LogP contribution is -2.48. The monoisotopic (exact) mass is 539 g/mol. The smallest absolute Gasteiger partial charge is 0.315 e. The number of likely N-dealkylation sites (N-methyl/N-ethyl adjacent to an activating group) is 1. The molecule has 1 aliphatic carbocycles. The van der Waals surface area contributed by atoms with Crippen molar-refractivity contribution < 1.29 is 24.0 Å². The Hall–Kier alpha value is -2.59. The Labute approximate surface area is 230 Å². The van der Waals surface area contributed by atoms with Crippen molar-refractivity contribution in [3.63, 3.8) is 0 Å². The normalized spacial score (nSPS) is 21.2. The number of rotatable bonds is 10. The number of likely N-dealkylation sites (tertiary alicyclic amines) is 1. The zero-order valence-electron chi connectivity index (χ0n) is 24.8. The van der Waals surface area contributed by atoms with Crippen molar-refractivity contribution in [2.24, 2.45) is 17.3 Å². The second-order valence-electron chi connectivity index (χ2n) is 10.7. The summed E-state index contributed by atoms with van der Waals surface area (Å²) in [6.07, 6.45) is 8.98. The summed E-state index contributed by atoms with van der Waals surface area (Å²) >= 11 is 0. The molecule has 38 heavy (non-hydrogen) atoms. The van der Waals surface area contributed by atoms with Crippen LogP contribution in [0.4, 0.5) is 4.79 Å². The van der Waals surface area contributed by atoms with E-state index in [-0.39, 0.29) is 17.7 Å². The van der Waals surface area contributed by atoms with Gasteiger partial charge in [-0.05, 0) is 57.5 Å². The highest BCUT2D eigenvalue weighted by Gasteiger charge is 2.39. The molecule has 0 radical (unpaired) electrons. The molecule has 2 aliphatic rings. The van der Waals surface area contributed by atoms with Crippen LogP contribution >= 0.6 is 0 Å². The molecule has 3 amide bonds. The van der Waals surface area contributed by atoms with E-state index in [0.29, 0.717) is 12.8 Å². The minimum absolute atomic E-state index is 0.233. The maximum atomic E-state index is 10.8. The minimum atomic E-state index is -0.630. The largest absolute Gasteiger partial charge is 0.348 e. The average Bonchev–Trinajstić information content (AvgIpc) is 3.44. The lowest BCUT2D eigenvalue weighted by Gasteiger charge is -2.26. The van der Waals surface area contributed by atoms with Crippen LogP contribution in [-0.2, 0) is 19.2 Å². The van der Waals surface area contributed by atoms with Gasteiger partial charge in [0, 0.05) is 26.2 Å². The van der Waals surface area contributed by atoms with Crippen molar-refractivity contribution >= 4 is 30.8 Å². The quantitative estimate of drug-likeness (QED) is 0.190. The van der Waals surface area contributed by atoms with E-state index in [0.717, 1.165) is 37.1 Å². The van der Waals surface area contributed by atoms with E-state index in [4.69, 9.17) is 0 Å². The van der Waals surface area contributed by atoms with E-state index in [9.17, 15) is 24.0 Å². The number of ketones is 1. The molecule has 1 saturated heterocycles. The van der Waals surface area contributed by atoms with Gasteiger partial charge in [-0.2, -0.15) is 0 Å². The number of carbonyl (C=O) groups excluding carboxylic acids is 5. The molecule has 5 atom stereocenters. The molecule has 1 heterocycles. The fourth-order valence-corrected chi connectivity index (χ4v) is 4.36. The van der Waals surface area contributed by atoms with Gasteiger partial charge < -0.3 is 31.0 Å². The van der Waals surface area contributed by atoms with E-state index < -0.39 is 17.9 Å². The van der Waals surface area contributed by atoms with Gasteiger partial charge in [-0.15, -0.1) is 6.58 Å². The first-order chi connectivity index (χ1) is 17.9. The minimum Gasteiger partial charge on any atom is -0.348 e. The van der Waals surface area contributed by atoms with Gasteiger partial charge in [-0.1, -0.05) is 46.6 Å². The SMILES string of the molecule is C=CCNC.CC1[C@H]2CCC[C@H]2CN1C.CCCC(NC=O)C(=O)C=O.CNC(=O)NC(C=O)C(C)(C)C. The molecule has 0 spiro atoms. The molecule has 0 bridgehead atoms. The van der Waals surface area contributed by atoms with Gasteiger partial charge >= 0.3 is 6.03 Å². The topological polar surface area (TPSA) is 137 Å². The highest BCUT2D eigenvalue weighted by molar-refractivity contribution is 6.27. The number of amides is 3. The number of Topliss-reactive ketones (excluding diaryl/α,β-unsaturated/α-hetero) is 1. The number of urea groups is 1. The molecule has 1 aliphatic heterocycles. The molecule has 4 N–H and O–H groups in total. The van der Waals surface area contributed by atoms with E-state index in [2.05, 4.69) is 46.7 Å². The fraction of sp³-hybridized carbons (Fsp3) is 0.750. The van der Waals surface area contributed by atoms with Gasteiger partial charge in [0.25, 0.3) is 0 Å². The second-order valence-corrected chi connectivity index (χ2v) is 10.7. The van der Waals surface area contributed by atoms with Gasteiger partial charge in [-0.25, -0.2) is 4.79 Å². The van der Waals surface area contributed by atoms with Crippen molar-refractivity contribution in [2.75, 3.05) is 34.2 Å². The Kier molecular flexibility index (Phi) is 21.1. The Morgan fingerprint density at radius 2 is 1.76 bits per heavy atom. The Morgan fingerprint density at radius 3 is 2.13 bits per heavy atom. The standard InChI is InChI=1S/C9H17N.C8H16N2O2.C7H11NO3.C4H9N/c1-7-9-5-3-4-8(9)6-10(7)2;1-8(2,3)6(5-11)10-7(12)9-4;1-2-3-6(8-5-10)7(11)4-9;1-3-4-5-2/h7-9H,3-6H2,1-2H3;5-6H,1-4H3,(H2,9,10,12);4-6H,2-3H2,1H3,(H,8,10);3,5H,1,4H2,2H3/t7?,8-,9+;;;/m0.../s1. The molecule has 1 saturated carbocycles. The molecular formula is C28H53N5O5. The van der Waals surface area contributed by atoms with Crippen LogP contribution in [0.3, 0.4) is 0 Å². The predicted molar refractivity (Wildman–Crippen MR) is 153 cm³/mol. The number of nitrogens with one attached hydrogen (secondary N) is 4. The van der Waals surface area contributed by atoms with Crippen LogP contribution in [0.5, 0.6) is 0 Å². The maximum Gasteiger partial charge on any atom is 0.315 e. The highest BCUT2D eigenvalue weighted by atomic mass is 16.2. The molecule has 2 fully saturated rings. The molecule has 10 nitrogen and oxygen atoms in total. The molecule has 0 aromatic rings. The van der Waals surface area contributed by atoms with Gasteiger partial charge in [0.05, 0.1) is 12.1 Å². The summed E-state index contributed by atoms with van der Waals surface area (Å²) in [6.45, 7) is 15.7. The molecule has 0 aromatic heterocycles. The van der Waals surface area contributed by atoms with Crippen LogP contribution in [0, 0.1) is 17.3 Å². The predicted octanol–water partition coefficient (Wildman–Crippen LogP) is 2.33. The van der Waals surface area contributed by atoms with Crippen LogP contribution in [0.2, 0.25) is 0 Å². The third-order valence-corrected chi connectivity index (χ3v) is 6.79. The number of aldehydes is 2. The maximum absolute atomic E-state index is 10.8.